The fraction of sp³-hybridized carbons (Fsp3) is 0.0833. The third-order valence-corrected chi connectivity index (χ3v) is 2.48. The van der Waals surface area contributed by atoms with E-state index in [2.05, 4.69) is 0 Å². The van der Waals surface area contributed by atoms with Crippen LogP contribution in [0.1, 0.15) is 10.4 Å². The largest absolute Gasteiger partial charge is 0.496 e. The van der Waals surface area contributed by atoms with Gasteiger partial charge in [-0.25, -0.2) is 9.69 Å². The van der Waals surface area contributed by atoms with E-state index >= 15 is 0 Å². The Labute approximate surface area is 102 Å². The smallest absolute Gasteiger partial charge is 0.339 e. The molecular weight excluding hydrogens is 238 g/mol. The Morgan fingerprint density at radius 3 is 2.33 bits per heavy atom. The van der Waals surface area contributed by atoms with Crippen molar-refractivity contribution in [1.29, 1.82) is 0 Å². The van der Waals surface area contributed by atoms with Gasteiger partial charge in [0.15, 0.2) is 0 Å². The number of imide groups is 1. The highest BCUT2D eigenvalue weighted by molar-refractivity contribution is 6.28. The molecule has 0 aliphatic carbocycles. The van der Waals surface area contributed by atoms with E-state index in [0.29, 0.717) is 0 Å². The van der Waals surface area contributed by atoms with Gasteiger partial charge in [0.1, 0.15) is 11.3 Å². The fourth-order valence-electron chi connectivity index (χ4n) is 1.66. The number of carboxylic acids is 1. The van der Waals surface area contributed by atoms with Crippen LogP contribution in [0.4, 0.5) is 5.69 Å². The number of anilines is 1. The lowest BCUT2D eigenvalue weighted by molar-refractivity contribution is -0.119. The van der Waals surface area contributed by atoms with Crippen molar-refractivity contribution >= 4 is 23.5 Å². The van der Waals surface area contributed by atoms with Crippen molar-refractivity contribution in [3.05, 3.63) is 35.9 Å². The number of hydrogen-bond donors (Lipinski definition) is 1. The fourth-order valence-corrected chi connectivity index (χ4v) is 1.66. The van der Waals surface area contributed by atoms with Crippen LogP contribution < -0.4 is 9.64 Å². The van der Waals surface area contributed by atoms with Crippen LogP contribution >= 0.6 is 0 Å². The lowest BCUT2D eigenvalue weighted by atomic mass is 10.1. The molecule has 0 bridgehead atoms. The number of ether oxygens (including phenoxy) is 1. The topological polar surface area (TPSA) is 83.9 Å². The van der Waals surface area contributed by atoms with E-state index in [4.69, 9.17) is 9.84 Å². The highest BCUT2D eigenvalue weighted by Gasteiger charge is 2.26. The number of aromatic carboxylic acids is 1. The lowest BCUT2D eigenvalue weighted by Crippen LogP contribution is -2.29. The van der Waals surface area contributed by atoms with E-state index in [1.807, 2.05) is 0 Å². The van der Waals surface area contributed by atoms with Gasteiger partial charge in [-0.1, -0.05) is 0 Å². The van der Waals surface area contributed by atoms with Crippen LogP contribution in [-0.2, 0) is 9.59 Å². The van der Waals surface area contributed by atoms with Crippen molar-refractivity contribution in [3.63, 3.8) is 0 Å². The molecule has 0 aromatic heterocycles. The highest BCUT2D eigenvalue weighted by Crippen LogP contribution is 2.26. The van der Waals surface area contributed by atoms with E-state index in [-0.39, 0.29) is 17.0 Å². The molecule has 1 N–H and O–H groups in total. The zero-order valence-electron chi connectivity index (χ0n) is 9.41. The third kappa shape index (κ3) is 1.84. The first-order valence-corrected chi connectivity index (χ1v) is 5.02. The van der Waals surface area contributed by atoms with Crippen molar-refractivity contribution in [2.45, 2.75) is 0 Å². The first kappa shape index (κ1) is 11.8. The van der Waals surface area contributed by atoms with Gasteiger partial charge in [0.2, 0.25) is 0 Å². The summed E-state index contributed by atoms with van der Waals surface area (Å²) in [6.07, 6.45) is 2.26. The van der Waals surface area contributed by atoms with E-state index in [1.165, 1.54) is 25.3 Å². The van der Waals surface area contributed by atoms with E-state index in [1.54, 1.807) is 0 Å². The minimum atomic E-state index is -1.19. The van der Waals surface area contributed by atoms with E-state index < -0.39 is 17.8 Å². The predicted molar refractivity (Wildman–Crippen MR) is 61.6 cm³/mol. The average molecular weight is 247 g/mol. The minimum absolute atomic E-state index is 0.109. The maximum Gasteiger partial charge on any atom is 0.339 e. The second-order valence-electron chi connectivity index (χ2n) is 3.53. The number of benzene rings is 1. The average Bonchev–Trinajstić information content (AvgIpc) is 2.68. The lowest BCUT2D eigenvalue weighted by Gasteiger charge is -2.15. The van der Waals surface area contributed by atoms with Gasteiger partial charge in [-0.3, -0.25) is 9.59 Å². The molecule has 92 valence electrons. The first-order valence-electron chi connectivity index (χ1n) is 5.02. The molecule has 0 saturated heterocycles. The maximum atomic E-state index is 11.5. The zero-order valence-corrected chi connectivity index (χ0v) is 9.41. The molecule has 6 heteroatoms. The van der Waals surface area contributed by atoms with Crippen LogP contribution in [0.15, 0.2) is 30.4 Å². The molecule has 0 radical (unpaired) electrons. The van der Waals surface area contributed by atoms with Gasteiger partial charge < -0.3 is 9.84 Å². The molecule has 1 aliphatic rings. The summed E-state index contributed by atoms with van der Waals surface area (Å²) in [5.74, 6) is -2.03. The van der Waals surface area contributed by atoms with E-state index in [9.17, 15) is 14.4 Å². The van der Waals surface area contributed by atoms with Gasteiger partial charge >= 0.3 is 5.97 Å². The second-order valence-corrected chi connectivity index (χ2v) is 3.53. The van der Waals surface area contributed by atoms with Gasteiger partial charge in [-0.15, -0.1) is 0 Å². The summed E-state index contributed by atoms with van der Waals surface area (Å²) >= 11 is 0. The molecule has 6 nitrogen and oxygen atoms in total. The Morgan fingerprint density at radius 1 is 1.22 bits per heavy atom. The standard InChI is InChI=1S/C12H9NO5/c1-18-9-3-2-7(6-8(9)12(16)17)13-10(14)4-5-11(13)15/h2-6H,1H3,(H,16,17). The molecule has 1 aromatic rings. The molecule has 0 fully saturated rings. The molecule has 1 aromatic carbocycles. The summed E-state index contributed by atoms with van der Waals surface area (Å²) in [5.41, 5.74) is 0.0932. The van der Waals surface area contributed by atoms with Gasteiger partial charge in [0, 0.05) is 12.2 Å². The Kier molecular flexibility index (Phi) is 2.85. The quantitative estimate of drug-likeness (QED) is 0.799. The molecule has 18 heavy (non-hydrogen) atoms. The van der Waals surface area contributed by atoms with Gasteiger partial charge in [0.05, 0.1) is 12.8 Å². The maximum absolute atomic E-state index is 11.5. The van der Waals surface area contributed by atoms with Gasteiger partial charge in [0.25, 0.3) is 11.8 Å². The number of methoxy groups -OCH3 is 1. The van der Waals surface area contributed by atoms with Crippen LogP contribution in [0.2, 0.25) is 0 Å². The number of hydrogen-bond acceptors (Lipinski definition) is 4. The van der Waals surface area contributed by atoms with Crippen molar-refractivity contribution in [1.82, 2.24) is 0 Å². The minimum Gasteiger partial charge on any atom is -0.496 e. The summed E-state index contributed by atoms with van der Waals surface area (Å²) in [5, 5.41) is 9.01. The highest BCUT2D eigenvalue weighted by atomic mass is 16.5. The van der Waals surface area contributed by atoms with Crippen molar-refractivity contribution in [3.8, 4) is 5.75 Å². The van der Waals surface area contributed by atoms with E-state index in [0.717, 1.165) is 17.1 Å². The Hall–Kier alpha value is -2.63. The van der Waals surface area contributed by atoms with Crippen LogP contribution in [0, 0.1) is 0 Å². The molecule has 2 amide bonds. The molecule has 0 unspecified atom stereocenters. The molecule has 2 rings (SSSR count). The number of carbonyl (C=O) groups is 3. The summed E-state index contributed by atoms with van der Waals surface area (Å²) in [6.45, 7) is 0. The number of amides is 2. The SMILES string of the molecule is COc1ccc(N2C(=O)C=CC2=O)cc1C(=O)O. The third-order valence-electron chi connectivity index (χ3n) is 2.48. The summed E-state index contributed by atoms with van der Waals surface area (Å²) in [4.78, 5) is 34.8. The Balaban J connectivity index is 2.48. The molecule has 0 saturated carbocycles. The van der Waals surface area contributed by atoms with Crippen LogP contribution in [0.25, 0.3) is 0 Å². The number of carbonyl (C=O) groups excluding carboxylic acids is 2. The number of rotatable bonds is 3. The molecule has 0 atom stereocenters. The van der Waals surface area contributed by atoms with Crippen molar-refractivity contribution in [2.24, 2.45) is 0 Å². The number of nitrogens with zero attached hydrogens (tertiary/aromatic N) is 1. The zero-order chi connectivity index (χ0) is 13.3. The predicted octanol–water partition coefficient (Wildman–Crippen LogP) is 0.823. The van der Waals surface area contributed by atoms with Crippen LogP contribution in [0.5, 0.6) is 5.75 Å². The van der Waals surface area contributed by atoms with Crippen molar-refractivity contribution in [2.75, 3.05) is 12.0 Å². The Bertz CT molecular complexity index is 558. The molecule has 1 heterocycles. The van der Waals surface area contributed by atoms with Gasteiger partial charge in [-0.05, 0) is 18.2 Å². The molecular formula is C12H9NO5. The van der Waals surface area contributed by atoms with Gasteiger partial charge in [-0.2, -0.15) is 0 Å². The van der Waals surface area contributed by atoms with Crippen LogP contribution in [-0.4, -0.2) is 30.0 Å². The monoisotopic (exact) mass is 247 g/mol. The summed E-state index contributed by atoms with van der Waals surface area (Å²) < 4.78 is 4.89. The summed E-state index contributed by atoms with van der Waals surface area (Å²) in [7, 11) is 1.34. The van der Waals surface area contributed by atoms with Crippen molar-refractivity contribution < 1.29 is 24.2 Å². The second kappa shape index (κ2) is 4.33. The molecule has 0 spiro atoms. The Morgan fingerprint density at radius 2 is 1.83 bits per heavy atom. The molecule has 1 aliphatic heterocycles. The normalized spacial score (nSPS) is 14.2. The van der Waals surface area contributed by atoms with Crippen LogP contribution in [0.3, 0.4) is 0 Å². The number of carboxylic acid groups (broad SMARTS) is 1. The first-order chi connectivity index (χ1) is 8.54. The summed E-state index contributed by atoms with van der Waals surface area (Å²) in [6, 6.07) is 4.08.